The first kappa shape index (κ1) is 25.9. The zero-order chi connectivity index (χ0) is 27.4. The zero-order valence-electron chi connectivity index (χ0n) is 20.8. The lowest BCUT2D eigenvalue weighted by molar-refractivity contribution is 0.218. The number of anilines is 1. The quantitative estimate of drug-likeness (QED) is 0.288. The van der Waals surface area contributed by atoms with E-state index in [0.29, 0.717) is 22.9 Å². The molecule has 4 aromatic rings. The number of hydrogen-bond donors (Lipinski definition) is 1. The lowest BCUT2D eigenvalue weighted by Gasteiger charge is -2.16. The van der Waals surface area contributed by atoms with Crippen molar-refractivity contribution in [3.05, 3.63) is 120 Å². The minimum atomic E-state index is -3.66. The minimum absolute atomic E-state index is 0.186. The van der Waals surface area contributed by atoms with Gasteiger partial charge in [0, 0.05) is 11.6 Å². The number of benzene rings is 4. The fraction of sp³-hybridized carbons (Fsp3) is 0.103. The molecule has 0 bridgehead atoms. The van der Waals surface area contributed by atoms with Gasteiger partial charge in [-0.05, 0) is 83.9 Å². The number of hydrogen-bond acceptors (Lipinski definition) is 6. The molecule has 1 unspecified atom stereocenters. The number of carbonyl (C=O) groups is 1. The van der Waals surface area contributed by atoms with Gasteiger partial charge in [-0.2, -0.15) is 13.5 Å². The molecule has 2 amide bonds. The predicted molar refractivity (Wildman–Crippen MR) is 146 cm³/mol. The van der Waals surface area contributed by atoms with Crippen molar-refractivity contribution in [3.63, 3.8) is 0 Å². The Balaban J connectivity index is 1.41. The van der Waals surface area contributed by atoms with Gasteiger partial charge in [-0.1, -0.05) is 30.3 Å². The standard InChI is InChI=1S/C29H24FN3O5S/c1-39(35,36)38-26-17-7-20(8-18-26)27-19-33(29(34)31-23-13-11-22(30)12-14-23)32-28(27)21-9-15-25(16-10-21)37-24-5-3-2-4-6-24/h2-18,27H,19H2,1H3,(H,31,34). The molecular weight excluding hydrogens is 521 g/mol. The summed E-state index contributed by atoms with van der Waals surface area (Å²) >= 11 is 0. The van der Waals surface area contributed by atoms with Crippen LogP contribution in [-0.2, 0) is 10.1 Å². The van der Waals surface area contributed by atoms with Crippen LogP contribution in [0, 0.1) is 5.82 Å². The summed E-state index contributed by atoms with van der Waals surface area (Å²) in [5.74, 6) is 0.829. The third-order valence-corrected chi connectivity index (χ3v) is 6.40. The van der Waals surface area contributed by atoms with Gasteiger partial charge >= 0.3 is 16.1 Å². The zero-order valence-corrected chi connectivity index (χ0v) is 21.6. The highest BCUT2D eigenvalue weighted by Gasteiger charge is 2.32. The maximum Gasteiger partial charge on any atom is 0.342 e. The second kappa shape index (κ2) is 11.0. The summed E-state index contributed by atoms with van der Waals surface area (Å²) < 4.78 is 47.1. The van der Waals surface area contributed by atoms with Crippen molar-refractivity contribution in [2.45, 2.75) is 5.92 Å². The largest absolute Gasteiger partial charge is 0.457 e. The molecule has 0 radical (unpaired) electrons. The minimum Gasteiger partial charge on any atom is -0.457 e. The number of amides is 2. The highest BCUT2D eigenvalue weighted by Crippen LogP contribution is 2.32. The van der Waals surface area contributed by atoms with E-state index in [0.717, 1.165) is 17.4 Å². The number of hydrazone groups is 1. The first-order chi connectivity index (χ1) is 18.7. The topological polar surface area (TPSA) is 97.3 Å². The fourth-order valence-electron chi connectivity index (χ4n) is 4.12. The maximum absolute atomic E-state index is 13.3. The van der Waals surface area contributed by atoms with Crippen LogP contribution < -0.4 is 14.2 Å². The van der Waals surface area contributed by atoms with Crippen molar-refractivity contribution < 1.29 is 26.5 Å². The summed E-state index contributed by atoms with van der Waals surface area (Å²) in [5.41, 5.74) is 2.68. The lowest BCUT2D eigenvalue weighted by Crippen LogP contribution is -2.30. The third-order valence-electron chi connectivity index (χ3n) is 5.90. The van der Waals surface area contributed by atoms with Crippen LogP contribution >= 0.6 is 0 Å². The molecule has 0 aromatic heterocycles. The van der Waals surface area contributed by atoms with E-state index in [1.54, 1.807) is 24.3 Å². The summed E-state index contributed by atoms with van der Waals surface area (Å²) in [5, 5.41) is 8.67. The van der Waals surface area contributed by atoms with Gasteiger partial charge in [0.15, 0.2) is 0 Å². The molecule has 0 aliphatic carbocycles. The summed E-state index contributed by atoms with van der Waals surface area (Å²) in [6, 6.07) is 28.4. The van der Waals surface area contributed by atoms with E-state index in [-0.39, 0.29) is 18.2 Å². The molecule has 0 saturated carbocycles. The van der Waals surface area contributed by atoms with Crippen molar-refractivity contribution in [3.8, 4) is 17.2 Å². The van der Waals surface area contributed by atoms with Crippen molar-refractivity contribution in [1.29, 1.82) is 0 Å². The van der Waals surface area contributed by atoms with Crippen LogP contribution in [0.2, 0.25) is 0 Å². The van der Waals surface area contributed by atoms with Gasteiger partial charge in [-0.3, -0.25) is 0 Å². The fourth-order valence-corrected chi connectivity index (χ4v) is 4.58. The van der Waals surface area contributed by atoms with Crippen LogP contribution in [0.4, 0.5) is 14.9 Å². The van der Waals surface area contributed by atoms with Gasteiger partial charge in [-0.25, -0.2) is 14.2 Å². The summed E-state index contributed by atoms with van der Waals surface area (Å²) in [6.45, 7) is 0.233. The predicted octanol–water partition coefficient (Wildman–Crippen LogP) is 5.99. The third kappa shape index (κ3) is 6.60. The number of nitrogens with one attached hydrogen (secondary N) is 1. The molecule has 1 heterocycles. The number of carbonyl (C=O) groups excluding carboxylic acids is 1. The Bertz CT molecular complexity index is 1590. The van der Waals surface area contributed by atoms with Crippen LogP contribution in [0.1, 0.15) is 17.0 Å². The lowest BCUT2D eigenvalue weighted by atomic mass is 9.90. The number of para-hydroxylation sites is 1. The van der Waals surface area contributed by atoms with Crippen molar-refractivity contribution in [2.75, 3.05) is 18.1 Å². The molecule has 0 fully saturated rings. The molecule has 1 aliphatic heterocycles. The molecule has 39 heavy (non-hydrogen) atoms. The number of rotatable bonds is 7. The van der Waals surface area contributed by atoms with Crippen LogP contribution in [0.25, 0.3) is 0 Å². The Morgan fingerprint density at radius 2 is 1.49 bits per heavy atom. The van der Waals surface area contributed by atoms with Crippen molar-refractivity contribution in [2.24, 2.45) is 5.10 Å². The summed E-state index contributed by atoms with van der Waals surface area (Å²) in [6.07, 6.45) is 0.978. The Hall–Kier alpha value is -4.70. The molecule has 4 aromatic carbocycles. The Kier molecular flexibility index (Phi) is 7.29. The van der Waals surface area contributed by atoms with Crippen LogP contribution in [0.15, 0.2) is 108 Å². The van der Waals surface area contributed by atoms with Crippen molar-refractivity contribution in [1.82, 2.24) is 5.01 Å². The Labute approximate surface area is 225 Å². The highest BCUT2D eigenvalue weighted by atomic mass is 32.2. The van der Waals surface area contributed by atoms with E-state index in [1.807, 2.05) is 54.6 Å². The molecule has 1 aliphatic rings. The van der Waals surface area contributed by atoms with E-state index >= 15 is 0 Å². The van der Waals surface area contributed by atoms with Gasteiger partial charge in [-0.15, -0.1) is 0 Å². The first-order valence-corrected chi connectivity index (χ1v) is 13.8. The van der Waals surface area contributed by atoms with E-state index < -0.39 is 22.0 Å². The molecule has 8 nitrogen and oxygen atoms in total. The SMILES string of the molecule is CS(=O)(=O)Oc1ccc(C2CN(C(=O)Nc3ccc(F)cc3)N=C2c2ccc(Oc3ccccc3)cc2)cc1. The molecular formula is C29H24FN3O5S. The Morgan fingerprint density at radius 3 is 2.13 bits per heavy atom. The molecule has 10 heteroatoms. The van der Waals surface area contributed by atoms with Crippen LogP contribution in [0.5, 0.6) is 17.2 Å². The number of halogens is 1. The summed E-state index contributed by atoms with van der Waals surface area (Å²) in [4.78, 5) is 13.0. The Morgan fingerprint density at radius 1 is 0.872 bits per heavy atom. The van der Waals surface area contributed by atoms with Crippen LogP contribution in [0.3, 0.4) is 0 Å². The number of urea groups is 1. The van der Waals surface area contributed by atoms with Gasteiger partial charge < -0.3 is 14.2 Å². The van der Waals surface area contributed by atoms with Gasteiger partial charge in [0.05, 0.1) is 18.5 Å². The first-order valence-electron chi connectivity index (χ1n) is 12.0. The highest BCUT2D eigenvalue weighted by molar-refractivity contribution is 7.86. The monoisotopic (exact) mass is 545 g/mol. The van der Waals surface area contributed by atoms with Crippen LogP contribution in [-0.4, -0.2) is 38.0 Å². The number of nitrogens with zero attached hydrogens (tertiary/aromatic N) is 2. The van der Waals surface area contributed by atoms with E-state index in [9.17, 15) is 17.6 Å². The van der Waals surface area contributed by atoms with E-state index in [4.69, 9.17) is 8.92 Å². The summed E-state index contributed by atoms with van der Waals surface area (Å²) in [7, 11) is -3.66. The molecule has 5 rings (SSSR count). The molecule has 1 atom stereocenters. The molecule has 198 valence electrons. The van der Waals surface area contributed by atoms with Crippen molar-refractivity contribution >= 4 is 27.5 Å². The molecule has 0 saturated heterocycles. The second-order valence-corrected chi connectivity index (χ2v) is 10.4. The smallest absolute Gasteiger partial charge is 0.342 e. The second-order valence-electron chi connectivity index (χ2n) is 8.85. The van der Waals surface area contributed by atoms with Gasteiger partial charge in [0.25, 0.3) is 0 Å². The molecule has 0 spiro atoms. The number of ether oxygens (including phenoxy) is 1. The normalized spacial score (nSPS) is 15.0. The van der Waals surface area contributed by atoms with E-state index in [1.165, 1.54) is 29.3 Å². The average Bonchev–Trinajstić information content (AvgIpc) is 3.36. The maximum atomic E-state index is 13.3. The van der Waals surface area contributed by atoms with Gasteiger partial charge in [0.2, 0.25) is 0 Å². The molecule has 1 N–H and O–H groups in total. The van der Waals surface area contributed by atoms with Gasteiger partial charge in [0.1, 0.15) is 23.1 Å². The van der Waals surface area contributed by atoms with E-state index in [2.05, 4.69) is 10.4 Å². The average molecular weight is 546 g/mol.